The molecule has 5 saturated carbocycles. The molecule has 0 saturated heterocycles. The van der Waals surface area contributed by atoms with Crippen LogP contribution in [0.5, 0.6) is 0 Å². The molecule has 10 nitrogen and oxygen atoms in total. The number of nitrogens with zero attached hydrogens (tertiary/aromatic N) is 4. The zero-order valence-corrected chi connectivity index (χ0v) is 31.2. The van der Waals surface area contributed by atoms with Crippen molar-refractivity contribution in [3.8, 4) is 6.07 Å². The van der Waals surface area contributed by atoms with Crippen LogP contribution in [0.1, 0.15) is 123 Å². The van der Waals surface area contributed by atoms with Crippen LogP contribution in [0, 0.1) is 64.6 Å². The van der Waals surface area contributed by atoms with Crippen LogP contribution in [0.2, 0.25) is 0 Å². The van der Waals surface area contributed by atoms with Gasteiger partial charge in [-0.2, -0.15) is 5.26 Å². The Morgan fingerprint density at radius 2 is 1.67 bits per heavy atom. The van der Waals surface area contributed by atoms with E-state index >= 15 is 0 Å². The van der Waals surface area contributed by atoms with E-state index in [1.165, 1.54) is 38.5 Å². The lowest BCUT2D eigenvalue weighted by atomic mass is 9.53. The topological polar surface area (TPSA) is 148 Å². The van der Waals surface area contributed by atoms with Gasteiger partial charge in [-0.3, -0.25) is 9.59 Å². The van der Waals surface area contributed by atoms with Crippen LogP contribution in [-0.2, 0) is 31.2 Å². The van der Waals surface area contributed by atoms with Gasteiger partial charge in [0.2, 0.25) is 0 Å². The smallest absolute Gasteiger partial charge is 0.309 e. The van der Waals surface area contributed by atoms with Crippen molar-refractivity contribution in [3.05, 3.63) is 35.7 Å². The first-order chi connectivity index (χ1) is 24.4. The van der Waals surface area contributed by atoms with Crippen molar-refractivity contribution in [2.45, 2.75) is 148 Å². The highest BCUT2D eigenvalue weighted by Crippen LogP contribution is 2.58. The number of nitriles is 1. The van der Waals surface area contributed by atoms with E-state index in [-0.39, 0.29) is 42.3 Å². The van der Waals surface area contributed by atoms with E-state index in [1.54, 1.807) is 12.2 Å². The molecule has 0 amide bonds. The van der Waals surface area contributed by atoms with Crippen molar-refractivity contribution >= 4 is 11.9 Å². The minimum atomic E-state index is -0.881. The molecule has 0 spiro atoms. The standard InChI is InChI=1S/C41H60N4O6/c1-25-12-26(2)14-28(4)39(48)32(22-42)8-5-6-11-37(51-38(47)18-36(46)27(3)13-25)34-9-7-10-35(34)40(49)50-24-33-23-45(44-43-33)41-19-29-15-30(20-41)17-31(16-29)21-41/h5-6,8,23,25-31,34-37,39,46,48H,7,9-21,24H2,1-4H3/b6-5+,32-8-/t25-,26+,27-,28-,29?,30?,31?,34+,35+,36-,37-,39+,41?/m0/s1. The highest BCUT2D eigenvalue weighted by Gasteiger charge is 2.52. The van der Waals surface area contributed by atoms with E-state index in [0.29, 0.717) is 42.4 Å². The fourth-order valence-corrected chi connectivity index (χ4v) is 11.1. The van der Waals surface area contributed by atoms with Gasteiger partial charge in [-0.1, -0.05) is 51.5 Å². The molecule has 9 atom stereocenters. The average Bonchev–Trinajstić information content (AvgIpc) is 3.76. The number of allylic oxidation sites excluding steroid dienone is 2. The van der Waals surface area contributed by atoms with E-state index in [4.69, 9.17) is 9.47 Å². The first-order valence-corrected chi connectivity index (χ1v) is 19.8. The molecule has 1 aliphatic heterocycles. The second kappa shape index (κ2) is 16.3. The van der Waals surface area contributed by atoms with Gasteiger partial charge in [-0.15, -0.1) is 5.10 Å². The maximum atomic E-state index is 13.6. The number of aliphatic hydroxyl groups is 2. The van der Waals surface area contributed by atoms with Crippen molar-refractivity contribution in [2.75, 3.05) is 0 Å². The number of aliphatic hydroxyl groups excluding tert-OH is 2. The predicted octanol–water partition coefficient (Wildman–Crippen LogP) is 6.81. The summed E-state index contributed by atoms with van der Waals surface area (Å²) in [6.07, 6.45) is 17.3. The second-order valence-corrected chi connectivity index (χ2v) is 17.6. The third kappa shape index (κ3) is 8.96. The van der Waals surface area contributed by atoms with Gasteiger partial charge < -0.3 is 19.7 Å². The Bertz CT molecular complexity index is 1440. The molecule has 1 aromatic heterocycles. The van der Waals surface area contributed by atoms with Gasteiger partial charge in [-0.25, -0.2) is 4.68 Å². The Kier molecular flexibility index (Phi) is 12.1. The molecule has 0 unspecified atom stereocenters. The molecule has 51 heavy (non-hydrogen) atoms. The number of rotatable bonds is 5. The van der Waals surface area contributed by atoms with E-state index in [2.05, 4.69) is 34.9 Å². The summed E-state index contributed by atoms with van der Waals surface area (Å²) in [5.74, 6) is 1.35. The van der Waals surface area contributed by atoms with Crippen molar-refractivity contribution in [1.29, 1.82) is 5.26 Å². The molecular formula is C41H60N4O6. The van der Waals surface area contributed by atoms with Gasteiger partial charge in [-0.05, 0) is 118 Å². The number of aromatic nitrogens is 3. The third-order valence-corrected chi connectivity index (χ3v) is 13.2. The van der Waals surface area contributed by atoms with Gasteiger partial charge in [0.15, 0.2) is 0 Å². The first-order valence-electron chi connectivity index (χ1n) is 19.8. The highest BCUT2D eigenvalue weighted by atomic mass is 16.5. The Morgan fingerprint density at radius 3 is 2.33 bits per heavy atom. The SMILES string of the molecule is C[C@@H]1C[C@H](C)C[C@H](C)[C@@H](O)CC(=O)O[C@H]([C@@H]2CCC[C@H]2C(=O)OCc2cn(C34CC5CC(CC(C5)C3)C4)nn2)C/C=C/C=C(/C#N)[C@H](O)[C@@H](C)C1. The lowest BCUT2D eigenvalue weighted by molar-refractivity contribution is -0.161. The van der Waals surface area contributed by atoms with Crippen molar-refractivity contribution in [2.24, 2.45) is 53.3 Å². The van der Waals surface area contributed by atoms with Crippen molar-refractivity contribution < 1.29 is 29.3 Å². The molecule has 6 aliphatic rings. The summed E-state index contributed by atoms with van der Waals surface area (Å²) in [7, 11) is 0. The summed E-state index contributed by atoms with van der Waals surface area (Å²) in [5.41, 5.74) is 1.01. The maximum Gasteiger partial charge on any atom is 0.309 e. The van der Waals surface area contributed by atoms with E-state index in [9.17, 15) is 25.1 Å². The minimum absolute atomic E-state index is 0.0579. The van der Waals surface area contributed by atoms with Crippen molar-refractivity contribution in [3.63, 3.8) is 0 Å². The fraction of sp³-hybridized carbons (Fsp3) is 0.780. The van der Waals surface area contributed by atoms with Crippen LogP contribution in [0.15, 0.2) is 30.0 Å². The zero-order chi connectivity index (χ0) is 36.3. The number of cyclic esters (lactones) is 1. The van der Waals surface area contributed by atoms with Gasteiger partial charge >= 0.3 is 11.9 Å². The van der Waals surface area contributed by atoms with Crippen molar-refractivity contribution in [1.82, 2.24) is 15.0 Å². The molecule has 2 N–H and O–H groups in total. The summed E-state index contributed by atoms with van der Waals surface area (Å²) < 4.78 is 14.0. The molecule has 1 aromatic rings. The van der Waals surface area contributed by atoms with Gasteiger partial charge in [0.25, 0.3) is 0 Å². The number of carbonyl (C=O) groups is 2. The summed E-state index contributed by atoms with van der Waals surface area (Å²) >= 11 is 0. The van der Waals surface area contributed by atoms with Gasteiger partial charge in [0.1, 0.15) is 18.4 Å². The molecule has 0 radical (unpaired) electrons. The lowest BCUT2D eigenvalue weighted by Crippen LogP contribution is -2.52. The molecule has 5 aliphatic carbocycles. The molecule has 5 fully saturated rings. The molecule has 10 heteroatoms. The Morgan fingerprint density at radius 1 is 1.00 bits per heavy atom. The predicted molar refractivity (Wildman–Crippen MR) is 191 cm³/mol. The molecule has 0 aromatic carbocycles. The third-order valence-electron chi connectivity index (χ3n) is 13.2. The summed E-state index contributed by atoms with van der Waals surface area (Å²) in [5, 5.41) is 40.8. The maximum absolute atomic E-state index is 13.6. The Balaban J connectivity index is 1.13. The average molecular weight is 705 g/mol. The number of hydrogen-bond acceptors (Lipinski definition) is 9. The lowest BCUT2D eigenvalue weighted by Gasteiger charge is -2.56. The van der Waals surface area contributed by atoms with E-state index < -0.39 is 30.2 Å². The van der Waals surface area contributed by atoms with Crippen LogP contribution >= 0.6 is 0 Å². The first kappa shape index (κ1) is 37.7. The minimum Gasteiger partial charge on any atom is -0.462 e. The van der Waals surface area contributed by atoms with E-state index in [0.717, 1.165) is 43.4 Å². The summed E-state index contributed by atoms with van der Waals surface area (Å²) in [4.78, 5) is 26.9. The molecule has 4 bridgehead atoms. The van der Waals surface area contributed by atoms with Crippen LogP contribution in [0.3, 0.4) is 0 Å². The second-order valence-electron chi connectivity index (χ2n) is 17.6. The normalized spacial score (nSPS) is 42.5. The number of ether oxygens (including phenoxy) is 2. The summed E-state index contributed by atoms with van der Waals surface area (Å²) in [6, 6.07) is 2.17. The Labute approximate surface area is 304 Å². The van der Waals surface area contributed by atoms with Gasteiger partial charge in [0, 0.05) is 12.3 Å². The quantitative estimate of drug-likeness (QED) is 0.316. The number of hydrogen-bond donors (Lipinski definition) is 2. The van der Waals surface area contributed by atoms with Crippen LogP contribution in [-0.4, -0.2) is 55.5 Å². The molecular weight excluding hydrogens is 644 g/mol. The number of esters is 2. The largest absolute Gasteiger partial charge is 0.462 e. The Hall–Kier alpha value is -3.03. The monoisotopic (exact) mass is 704 g/mol. The molecule has 2 heterocycles. The zero-order valence-electron chi connectivity index (χ0n) is 31.2. The molecule has 7 rings (SSSR count). The summed E-state index contributed by atoms with van der Waals surface area (Å²) in [6.45, 7) is 8.32. The van der Waals surface area contributed by atoms with Crippen LogP contribution in [0.4, 0.5) is 0 Å². The number of carbonyl (C=O) groups excluding carboxylic acids is 2. The highest BCUT2D eigenvalue weighted by molar-refractivity contribution is 5.74. The fourth-order valence-electron chi connectivity index (χ4n) is 11.1. The van der Waals surface area contributed by atoms with Crippen LogP contribution < -0.4 is 0 Å². The van der Waals surface area contributed by atoms with E-state index in [1.807, 2.05) is 26.1 Å². The van der Waals surface area contributed by atoms with Gasteiger partial charge in [0.05, 0.1) is 47.9 Å². The molecule has 280 valence electrons. The van der Waals surface area contributed by atoms with Crippen LogP contribution in [0.25, 0.3) is 0 Å².